The van der Waals surface area contributed by atoms with Crippen molar-refractivity contribution in [1.82, 2.24) is 25.3 Å². The van der Waals surface area contributed by atoms with Gasteiger partial charge in [0.2, 0.25) is 17.6 Å². The quantitative estimate of drug-likeness (QED) is 0.451. The van der Waals surface area contributed by atoms with Crippen molar-refractivity contribution in [2.24, 2.45) is 11.8 Å². The second-order valence-corrected chi connectivity index (χ2v) is 10.1. The zero-order valence-corrected chi connectivity index (χ0v) is 22.7. The summed E-state index contributed by atoms with van der Waals surface area (Å²) in [6, 6.07) is 3.44. The zero-order valence-electron chi connectivity index (χ0n) is 21.9. The molecule has 38 heavy (non-hydrogen) atoms. The van der Waals surface area contributed by atoms with E-state index in [2.05, 4.69) is 20.5 Å². The number of nitrogens with one attached hydrogen (secondary N) is 2. The Labute approximate surface area is 224 Å². The molecule has 2 aromatic rings. The van der Waals surface area contributed by atoms with Crippen molar-refractivity contribution in [3.8, 4) is 5.69 Å². The molecule has 1 aliphatic heterocycles. The van der Waals surface area contributed by atoms with Crippen molar-refractivity contribution in [2.45, 2.75) is 58.7 Å². The van der Waals surface area contributed by atoms with Crippen LogP contribution in [0.4, 0.5) is 4.79 Å². The number of carbonyl (C=O) groups is 4. The molecule has 1 aromatic carbocycles. The van der Waals surface area contributed by atoms with Gasteiger partial charge in [-0.2, -0.15) is 4.68 Å². The number of methoxy groups -OCH3 is 1. The molecule has 206 valence electrons. The summed E-state index contributed by atoms with van der Waals surface area (Å²) < 4.78 is 10.7. The number of Topliss-reactive ketones (excluding diaryl/α,β-unsaturated/α-hetero) is 1. The fourth-order valence-electron chi connectivity index (χ4n) is 4.22. The van der Waals surface area contributed by atoms with E-state index < -0.39 is 53.5 Å². The molecule has 1 fully saturated rings. The van der Waals surface area contributed by atoms with Gasteiger partial charge >= 0.3 is 11.8 Å². The summed E-state index contributed by atoms with van der Waals surface area (Å²) in [7, 11) is 1.20. The maximum atomic E-state index is 13.3. The minimum atomic E-state index is -1.06. The lowest BCUT2D eigenvalue weighted by atomic mass is 9.98. The first-order valence-corrected chi connectivity index (χ1v) is 12.7. The fourth-order valence-corrected chi connectivity index (χ4v) is 4.35. The van der Waals surface area contributed by atoms with Gasteiger partial charge in [-0.05, 0) is 48.9 Å². The summed E-state index contributed by atoms with van der Waals surface area (Å²) in [5, 5.41) is 9.72. The Morgan fingerprint density at radius 3 is 2.26 bits per heavy atom. The molecule has 0 saturated carbocycles. The normalized spacial score (nSPS) is 16.8. The molecule has 0 spiro atoms. The van der Waals surface area contributed by atoms with Crippen molar-refractivity contribution in [3.05, 3.63) is 45.7 Å². The van der Waals surface area contributed by atoms with E-state index in [0.29, 0.717) is 30.1 Å². The zero-order chi connectivity index (χ0) is 28.1. The number of ether oxygens (including phenoxy) is 1. The molecule has 13 heteroatoms. The summed E-state index contributed by atoms with van der Waals surface area (Å²) in [5.41, 5.74) is 0.354. The third-order valence-electron chi connectivity index (χ3n) is 6.31. The molecule has 0 unspecified atom stereocenters. The van der Waals surface area contributed by atoms with Gasteiger partial charge in [-0.3, -0.25) is 14.4 Å². The predicted octanol–water partition coefficient (Wildman–Crippen LogP) is 2.17. The van der Waals surface area contributed by atoms with Crippen molar-refractivity contribution in [3.63, 3.8) is 0 Å². The van der Waals surface area contributed by atoms with Crippen molar-refractivity contribution in [2.75, 3.05) is 13.7 Å². The van der Waals surface area contributed by atoms with E-state index in [-0.39, 0.29) is 11.8 Å². The fraction of sp³-hybridized carbons (Fsp3) is 0.520. The standard InChI is InChI=1S/C25H32ClN5O7/c1-13(2)18(20(32)22-29-31(25(36)38-22)16-10-8-15(26)9-11-16)27-21(33)17-7-6-12-30(17)23(34)19(14(3)4)28-24(35)37-5/h8-11,13-14,17-19H,6-7,12H2,1-5H3,(H,27,33)(H,28,35)/t17-,18-,19-/m0/s1. The van der Waals surface area contributed by atoms with Crippen molar-refractivity contribution in [1.29, 1.82) is 0 Å². The van der Waals surface area contributed by atoms with Crippen LogP contribution in [0.15, 0.2) is 33.5 Å². The van der Waals surface area contributed by atoms with Gasteiger partial charge in [0.05, 0.1) is 18.8 Å². The number of rotatable bonds is 9. The van der Waals surface area contributed by atoms with Crippen LogP contribution in [0.5, 0.6) is 0 Å². The van der Waals surface area contributed by atoms with Crippen LogP contribution in [0.3, 0.4) is 0 Å². The molecule has 2 N–H and O–H groups in total. The van der Waals surface area contributed by atoms with Crippen LogP contribution in [0, 0.1) is 11.8 Å². The van der Waals surface area contributed by atoms with E-state index in [1.165, 1.54) is 12.0 Å². The predicted molar refractivity (Wildman–Crippen MR) is 137 cm³/mol. The number of hydrogen-bond acceptors (Lipinski definition) is 8. The van der Waals surface area contributed by atoms with Gasteiger partial charge in [0, 0.05) is 11.6 Å². The average molecular weight is 550 g/mol. The van der Waals surface area contributed by atoms with Crippen molar-refractivity contribution < 1.29 is 28.3 Å². The Kier molecular flexibility index (Phi) is 9.31. The van der Waals surface area contributed by atoms with Gasteiger partial charge < -0.3 is 24.7 Å². The van der Waals surface area contributed by atoms with E-state index in [0.717, 1.165) is 4.68 Å². The van der Waals surface area contributed by atoms with Gasteiger partial charge in [0.25, 0.3) is 5.89 Å². The van der Waals surface area contributed by atoms with Gasteiger partial charge in [0.15, 0.2) is 0 Å². The lowest BCUT2D eigenvalue weighted by Gasteiger charge is -2.31. The van der Waals surface area contributed by atoms with E-state index in [4.69, 9.17) is 16.0 Å². The lowest BCUT2D eigenvalue weighted by Crippen LogP contribution is -2.57. The number of nitrogens with zero attached hydrogens (tertiary/aromatic N) is 3. The average Bonchev–Trinajstić information content (AvgIpc) is 3.52. The van der Waals surface area contributed by atoms with Crippen LogP contribution >= 0.6 is 11.6 Å². The highest BCUT2D eigenvalue weighted by atomic mass is 35.5. The molecule has 0 aliphatic carbocycles. The topological polar surface area (TPSA) is 153 Å². The van der Waals surface area contributed by atoms with Crippen LogP contribution in [0.1, 0.15) is 51.2 Å². The first kappa shape index (κ1) is 28.9. The highest BCUT2D eigenvalue weighted by molar-refractivity contribution is 6.30. The molecule has 3 atom stereocenters. The van der Waals surface area contributed by atoms with Crippen LogP contribution in [-0.2, 0) is 14.3 Å². The molecule has 0 radical (unpaired) electrons. The molecule has 12 nitrogen and oxygen atoms in total. The highest BCUT2D eigenvalue weighted by Gasteiger charge is 2.40. The minimum absolute atomic E-state index is 0.255. The van der Waals surface area contributed by atoms with E-state index in [1.807, 2.05) is 0 Å². The number of ketones is 1. The Morgan fingerprint density at radius 2 is 1.68 bits per heavy atom. The first-order valence-electron chi connectivity index (χ1n) is 12.3. The monoisotopic (exact) mass is 549 g/mol. The first-order chi connectivity index (χ1) is 17.9. The van der Waals surface area contributed by atoms with Gasteiger partial charge in [-0.1, -0.05) is 39.3 Å². The van der Waals surface area contributed by atoms with Gasteiger partial charge in [-0.15, -0.1) is 5.10 Å². The molecule has 2 heterocycles. The van der Waals surface area contributed by atoms with E-state index >= 15 is 0 Å². The number of alkyl carbamates (subject to hydrolysis) is 1. The molecule has 1 aliphatic rings. The SMILES string of the molecule is COC(=O)N[C@H](C(=O)N1CCC[C@H]1C(=O)N[C@H](C(=O)c1nn(-c2ccc(Cl)cc2)c(=O)o1)C(C)C)C(C)C. The lowest BCUT2D eigenvalue weighted by molar-refractivity contribution is -0.141. The largest absolute Gasteiger partial charge is 0.453 e. The van der Waals surface area contributed by atoms with Crippen LogP contribution in [0.25, 0.3) is 5.69 Å². The summed E-state index contributed by atoms with van der Waals surface area (Å²) in [4.78, 5) is 65.4. The number of aromatic nitrogens is 2. The molecule has 1 saturated heterocycles. The second kappa shape index (κ2) is 12.2. The molecular formula is C25H32ClN5O7. The number of amides is 3. The molecular weight excluding hydrogens is 518 g/mol. The molecule has 1 aromatic heterocycles. The third-order valence-corrected chi connectivity index (χ3v) is 6.56. The maximum absolute atomic E-state index is 13.3. The summed E-state index contributed by atoms with van der Waals surface area (Å²) in [6.45, 7) is 7.32. The molecule has 3 rings (SSSR count). The smallest absolute Gasteiger partial charge is 0.442 e. The van der Waals surface area contributed by atoms with Crippen molar-refractivity contribution >= 4 is 35.3 Å². The van der Waals surface area contributed by atoms with Crippen LogP contribution in [0.2, 0.25) is 5.02 Å². The van der Waals surface area contributed by atoms with E-state index in [1.54, 1.807) is 52.0 Å². The van der Waals surface area contributed by atoms with E-state index in [9.17, 15) is 24.0 Å². The molecule has 3 amide bonds. The van der Waals surface area contributed by atoms with Gasteiger partial charge in [-0.25, -0.2) is 9.59 Å². The number of hydrogen-bond donors (Lipinski definition) is 2. The Hall–Kier alpha value is -3.67. The van der Waals surface area contributed by atoms with Gasteiger partial charge in [0.1, 0.15) is 12.1 Å². The second-order valence-electron chi connectivity index (χ2n) is 9.70. The van der Waals surface area contributed by atoms with Crippen LogP contribution < -0.4 is 16.4 Å². The minimum Gasteiger partial charge on any atom is -0.453 e. The summed E-state index contributed by atoms with van der Waals surface area (Å²) >= 11 is 5.89. The number of likely N-dealkylation sites (tertiary alicyclic amines) is 1. The Morgan fingerprint density at radius 1 is 1.05 bits per heavy atom. The third kappa shape index (κ3) is 6.42. The Balaban J connectivity index is 1.78. The summed E-state index contributed by atoms with van der Waals surface area (Å²) in [5.74, 6) is -3.57. The summed E-state index contributed by atoms with van der Waals surface area (Å²) in [6.07, 6.45) is 0.218. The molecule has 0 bridgehead atoms. The number of halogens is 1. The highest BCUT2D eigenvalue weighted by Crippen LogP contribution is 2.22. The maximum Gasteiger partial charge on any atom is 0.442 e. The number of benzene rings is 1. The Bertz CT molecular complexity index is 1240. The number of carbonyl (C=O) groups excluding carboxylic acids is 4. The van der Waals surface area contributed by atoms with Crippen LogP contribution in [-0.4, -0.2) is 70.2 Å².